The van der Waals surface area contributed by atoms with Crippen LogP contribution in [0.4, 0.5) is 18.9 Å². The first kappa shape index (κ1) is 22.2. The van der Waals surface area contributed by atoms with Crippen molar-refractivity contribution in [1.82, 2.24) is 0 Å². The van der Waals surface area contributed by atoms with Crippen LogP contribution < -0.4 is 4.90 Å². The van der Waals surface area contributed by atoms with Crippen LogP contribution in [0, 0.1) is 5.41 Å². The molecule has 1 unspecified atom stereocenters. The van der Waals surface area contributed by atoms with E-state index in [0.717, 1.165) is 36.1 Å². The summed E-state index contributed by atoms with van der Waals surface area (Å²) in [7, 11) is 0. The zero-order valence-corrected chi connectivity index (χ0v) is 17.2. The van der Waals surface area contributed by atoms with Gasteiger partial charge in [-0.2, -0.15) is 13.2 Å². The van der Waals surface area contributed by atoms with Crippen LogP contribution in [0.2, 0.25) is 0 Å². The number of halogens is 4. The van der Waals surface area contributed by atoms with Gasteiger partial charge in [0.2, 0.25) is 0 Å². The normalized spacial score (nSPS) is 15.8. The van der Waals surface area contributed by atoms with Crippen LogP contribution in [-0.2, 0) is 4.79 Å². The molecule has 0 radical (unpaired) electrons. The molecule has 0 fully saturated rings. The predicted molar refractivity (Wildman–Crippen MR) is 108 cm³/mol. The minimum Gasteiger partial charge on any atom is -0.475 e. The number of carboxylic acid groups (broad SMARTS) is 1. The molecule has 1 heterocycles. The summed E-state index contributed by atoms with van der Waals surface area (Å²) >= 11 is 3.65. The quantitative estimate of drug-likeness (QED) is 0.417. The highest BCUT2D eigenvalue weighted by Crippen LogP contribution is 2.42. The number of carboxylic acids is 1. The molecule has 2 aromatic carbocycles. The Bertz CT molecular complexity index is 884. The standard InChI is InChI=1S/C18H21BrN2.C2HF3O2/c1-3-4-8-17(20)21-11-12(2)18-14-6-5-7-15(19)13(14)9-10-16(18)21;3-2(4,5)1(6)7/h5-7,9-10,12,20H,3-4,8,11H2,1-2H3;(H,6,7). The second-order valence-electron chi connectivity index (χ2n) is 6.70. The molecule has 0 aromatic heterocycles. The van der Waals surface area contributed by atoms with Gasteiger partial charge in [-0.1, -0.05) is 54.4 Å². The number of fused-ring (bicyclic) bond motifs is 3. The molecule has 152 valence electrons. The Kier molecular flexibility index (Phi) is 7.09. The fourth-order valence-corrected chi connectivity index (χ4v) is 3.78. The number of hydrogen-bond acceptors (Lipinski definition) is 2. The Balaban J connectivity index is 0.000000345. The lowest BCUT2D eigenvalue weighted by molar-refractivity contribution is -0.192. The number of unbranched alkanes of at least 4 members (excludes halogenated alkanes) is 1. The van der Waals surface area contributed by atoms with Gasteiger partial charge in [0.15, 0.2) is 0 Å². The van der Waals surface area contributed by atoms with Gasteiger partial charge in [-0.25, -0.2) is 4.79 Å². The van der Waals surface area contributed by atoms with Crippen molar-refractivity contribution in [3.05, 3.63) is 40.4 Å². The number of nitrogens with zero attached hydrogens (tertiary/aromatic N) is 1. The molecule has 0 spiro atoms. The number of aliphatic carboxylic acids is 1. The van der Waals surface area contributed by atoms with Gasteiger partial charge in [-0.3, -0.25) is 5.41 Å². The SMILES string of the molecule is CCCCC(=N)N1CC(C)c2c1ccc1c(Br)cccc21.O=C(O)C(F)(F)F. The summed E-state index contributed by atoms with van der Waals surface area (Å²) in [6.45, 7) is 5.38. The topological polar surface area (TPSA) is 64.4 Å². The van der Waals surface area contributed by atoms with Crippen LogP contribution in [0.25, 0.3) is 10.8 Å². The summed E-state index contributed by atoms with van der Waals surface area (Å²) in [5.41, 5.74) is 2.63. The van der Waals surface area contributed by atoms with Crippen molar-refractivity contribution >= 4 is 44.2 Å². The highest BCUT2D eigenvalue weighted by atomic mass is 79.9. The second-order valence-corrected chi connectivity index (χ2v) is 7.55. The number of carbonyl (C=O) groups is 1. The van der Waals surface area contributed by atoms with E-state index in [2.05, 4.69) is 65.0 Å². The summed E-state index contributed by atoms with van der Waals surface area (Å²) in [6, 6.07) is 10.8. The van der Waals surface area contributed by atoms with E-state index in [0.29, 0.717) is 5.92 Å². The van der Waals surface area contributed by atoms with Crippen LogP contribution in [0.3, 0.4) is 0 Å². The van der Waals surface area contributed by atoms with Crippen molar-refractivity contribution < 1.29 is 23.1 Å². The summed E-state index contributed by atoms with van der Waals surface area (Å²) in [4.78, 5) is 11.1. The molecule has 0 bridgehead atoms. The fourth-order valence-electron chi connectivity index (χ4n) is 3.28. The minimum absolute atomic E-state index is 0.472. The molecule has 1 atom stereocenters. The molecule has 0 aliphatic carbocycles. The van der Waals surface area contributed by atoms with Crippen LogP contribution >= 0.6 is 15.9 Å². The van der Waals surface area contributed by atoms with Crippen molar-refractivity contribution in [1.29, 1.82) is 5.41 Å². The van der Waals surface area contributed by atoms with Gasteiger partial charge in [-0.05, 0) is 34.9 Å². The van der Waals surface area contributed by atoms with Crippen molar-refractivity contribution in [3.63, 3.8) is 0 Å². The molecule has 0 saturated heterocycles. The Hall–Kier alpha value is -2.09. The van der Waals surface area contributed by atoms with E-state index in [-0.39, 0.29) is 0 Å². The third kappa shape index (κ3) is 4.84. The highest BCUT2D eigenvalue weighted by molar-refractivity contribution is 9.10. The molecule has 0 saturated carbocycles. The fraction of sp³-hybridized carbons (Fsp3) is 0.400. The molecule has 0 amide bonds. The van der Waals surface area contributed by atoms with Crippen LogP contribution in [0.5, 0.6) is 0 Å². The average Bonchev–Trinajstić information content (AvgIpc) is 2.97. The van der Waals surface area contributed by atoms with E-state index in [4.69, 9.17) is 15.3 Å². The van der Waals surface area contributed by atoms with E-state index in [1.165, 1.54) is 22.0 Å². The number of hydrogen-bond donors (Lipinski definition) is 2. The smallest absolute Gasteiger partial charge is 0.475 e. The second kappa shape index (κ2) is 8.94. The van der Waals surface area contributed by atoms with E-state index < -0.39 is 12.1 Å². The predicted octanol–water partition coefficient (Wildman–Crippen LogP) is 6.33. The number of amidine groups is 1. The molecule has 28 heavy (non-hydrogen) atoms. The maximum Gasteiger partial charge on any atom is 0.490 e. The van der Waals surface area contributed by atoms with Crippen LogP contribution in [-0.4, -0.2) is 29.6 Å². The van der Waals surface area contributed by atoms with Gasteiger partial charge in [0, 0.05) is 29.0 Å². The van der Waals surface area contributed by atoms with E-state index in [9.17, 15) is 13.2 Å². The van der Waals surface area contributed by atoms with E-state index >= 15 is 0 Å². The third-order valence-electron chi connectivity index (χ3n) is 4.60. The first-order valence-corrected chi connectivity index (χ1v) is 9.73. The lowest BCUT2D eigenvalue weighted by atomic mass is 9.96. The largest absolute Gasteiger partial charge is 0.490 e. The molecule has 4 nitrogen and oxygen atoms in total. The maximum absolute atomic E-state index is 10.6. The van der Waals surface area contributed by atoms with Gasteiger partial charge in [0.05, 0.1) is 0 Å². The molecule has 3 rings (SSSR count). The zero-order valence-electron chi connectivity index (χ0n) is 15.6. The summed E-state index contributed by atoms with van der Waals surface area (Å²) in [5.74, 6) is -1.52. The molecule has 2 N–H and O–H groups in total. The average molecular weight is 459 g/mol. The maximum atomic E-state index is 10.6. The zero-order chi connectivity index (χ0) is 21.1. The number of benzene rings is 2. The molecule has 1 aliphatic rings. The summed E-state index contributed by atoms with van der Waals surface area (Å²) in [6.07, 6.45) is -1.97. The molecule has 1 aliphatic heterocycles. The van der Waals surface area contributed by atoms with Gasteiger partial charge >= 0.3 is 12.1 Å². The third-order valence-corrected chi connectivity index (χ3v) is 5.29. The lowest BCUT2D eigenvalue weighted by Gasteiger charge is -2.20. The Morgan fingerprint density at radius 1 is 1.29 bits per heavy atom. The Labute approximate surface area is 170 Å². The first-order valence-electron chi connectivity index (χ1n) is 8.94. The van der Waals surface area contributed by atoms with Crippen molar-refractivity contribution in [2.45, 2.75) is 45.2 Å². The van der Waals surface area contributed by atoms with Crippen LogP contribution in [0.1, 0.15) is 44.6 Å². The Morgan fingerprint density at radius 2 is 1.93 bits per heavy atom. The monoisotopic (exact) mass is 458 g/mol. The Morgan fingerprint density at radius 3 is 2.50 bits per heavy atom. The first-order chi connectivity index (χ1) is 13.1. The lowest BCUT2D eigenvalue weighted by Crippen LogP contribution is -2.28. The highest BCUT2D eigenvalue weighted by Gasteiger charge is 2.38. The van der Waals surface area contributed by atoms with Gasteiger partial charge in [0.1, 0.15) is 5.84 Å². The van der Waals surface area contributed by atoms with Gasteiger partial charge in [-0.15, -0.1) is 0 Å². The number of alkyl halides is 3. The van der Waals surface area contributed by atoms with Crippen molar-refractivity contribution in [3.8, 4) is 0 Å². The van der Waals surface area contributed by atoms with Crippen molar-refractivity contribution in [2.24, 2.45) is 0 Å². The molecule has 2 aromatic rings. The summed E-state index contributed by atoms with van der Waals surface area (Å²) < 4.78 is 32.9. The number of nitrogens with one attached hydrogen (secondary N) is 1. The molecule has 8 heteroatoms. The van der Waals surface area contributed by atoms with Crippen molar-refractivity contribution in [2.75, 3.05) is 11.4 Å². The minimum atomic E-state index is -5.08. The molecular formula is C20H22BrF3N2O2. The van der Waals surface area contributed by atoms with Crippen LogP contribution in [0.15, 0.2) is 34.8 Å². The number of anilines is 1. The van der Waals surface area contributed by atoms with E-state index in [1.807, 2.05) is 0 Å². The van der Waals surface area contributed by atoms with Gasteiger partial charge < -0.3 is 10.0 Å². The number of rotatable bonds is 3. The molecular weight excluding hydrogens is 437 g/mol. The van der Waals surface area contributed by atoms with E-state index in [1.54, 1.807) is 0 Å². The summed E-state index contributed by atoms with van der Waals surface area (Å²) in [5, 5.41) is 18.1. The van der Waals surface area contributed by atoms with Gasteiger partial charge in [0.25, 0.3) is 0 Å².